The Kier molecular flexibility index (Phi) is 11.0. The van der Waals surface area contributed by atoms with Crippen LogP contribution in [0.3, 0.4) is 0 Å². The maximum Gasteiger partial charge on any atom is 0.311 e. The standard InChI is InChI=1S/C21H31NO5/c1-4-6-8-10-20(24)26-18-13-12-16(17(23)15-22-3)14-19(18)27-21(25)11-9-7-5-2/h12-14,22H,4-11,15H2,1-3H3. The smallest absolute Gasteiger partial charge is 0.311 e. The third kappa shape index (κ3) is 8.82. The molecule has 0 aliphatic carbocycles. The summed E-state index contributed by atoms with van der Waals surface area (Å²) < 4.78 is 10.8. The number of hydrogen-bond acceptors (Lipinski definition) is 6. The zero-order valence-corrected chi connectivity index (χ0v) is 16.6. The van der Waals surface area contributed by atoms with Crippen molar-refractivity contribution in [1.82, 2.24) is 5.32 Å². The van der Waals surface area contributed by atoms with Gasteiger partial charge in [0.2, 0.25) is 0 Å². The predicted octanol–water partition coefficient (Wildman–Crippen LogP) is 4.06. The summed E-state index contributed by atoms with van der Waals surface area (Å²) in [4.78, 5) is 36.2. The van der Waals surface area contributed by atoms with Crippen LogP contribution in [0.1, 0.15) is 75.6 Å². The second kappa shape index (κ2) is 13.0. The van der Waals surface area contributed by atoms with E-state index in [1.807, 2.05) is 0 Å². The van der Waals surface area contributed by atoms with Crippen molar-refractivity contribution in [2.75, 3.05) is 13.6 Å². The Hall–Kier alpha value is -2.21. The molecule has 0 aliphatic heterocycles. The fourth-order valence-electron chi connectivity index (χ4n) is 2.49. The predicted molar refractivity (Wildman–Crippen MR) is 104 cm³/mol. The largest absolute Gasteiger partial charge is 0.423 e. The van der Waals surface area contributed by atoms with Crippen LogP contribution in [-0.2, 0) is 9.59 Å². The van der Waals surface area contributed by atoms with Crippen molar-refractivity contribution in [2.24, 2.45) is 0 Å². The number of likely N-dealkylation sites (N-methyl/N-ethyl adjacent to an activating group) is 1. The van der Waals surface area contributed by atoms with E-state index in [1.165, 1.54) is 12.1 Å². The Labute approximate surface area is 161 Å². The number of carbonyl (C=O) groups excluding carboxylic acids is 3. The SMILES string of the molecule is CCCCCC(=O)Oc1ccc(C(=O)CNC)cc1OC(=O)CCCCC. The van der Waals surface area contributed by atoms with Crippen molar-refractivity contribution < 1.29 is 23.9 Å². The van der Waals surface area contributed by atoms with Gasteiger partial charge in [-0.25, -0.2) is 0 Å². The first-order valence-electron chi connectivity index (χ1n) is 9.75. The summed E-state index contributed by atoms with van der Waals surface area (Å²) in [6.45, 7) is 4.28. The number of carbonyl (C=O) groups is 3. The number of ether oxygens (including phenoxy) is 2. The molecular weight excluding hydrogens is 346 g/mol. The molecule has 1 rings (SSSR count). The Bertz CT molecular complexity index is 627. The molecule has 1 aromatic rings. The summed E-state index contributed by atoms with van der Waals surface area (Å²) in [5.74, 6) is -0.628. The van der Waals surface area contributed by atoms with Gasteiger partial charge in [-0.3, -0.25) is 14.4 Å². The summed E-state index contributed by atoms with van der Waals surface area (Å²) >= 11 is 0. The molecule has 0 atom stereocenters. The summed E-state index contributed by atoms with van der Waals surface area (Å²) in [5.41, 5.74) is 0.395. The van der Waals surface area contributed by atoms with Gasteiger partial charge in [0.05, 0.1) is 6.54 Å². The summed E-state index contributed by atoms with van der Waals surface area (Å²) in [6.07, 6.45) is 5.98. The van der Waals surface area contributed by atoms with E-state index in [0.29, 0.717) is 12.0 Å². The monoisotopic (exact) mass is 377 g/mol. The second-order valence-corrected chi connectivity index (χ2v) is 6.48. The minimum absolute atomic E-state index is 0.113. The fourth-order valence-corrected chi connectivity index (χ4v) is 2.49. The van der Waals surface area contributed by atoms with E-state index in [-0.39, 0.29) is 36.2 Å². The molecule has 0 saturated carbocycles. The molecule has 0 amide bonds. The zero-order valence-electron chi connectivity index (χ0n) is 16.6. The van der Waals surface area contributed by atoms with Crippen LogP contribution in [0.25, 0.3) is 0 Å². The Morgan fingerprint density at radius 2 is 1.41 bits per heavy atom. The van der Waals surface area contributed by atoms with Gasteiger partial charge in [-0.2, -0.15) is 0 Å². The first-order valence-corrected chi connectivity index (χ1v) is 9.75. The molecule has 0 unspecified atom stereocenters. The zero-order chi connectivity index (χ0) is 20.1. The number of nitrogens with one attached hydrogen (secondary N) is 1. The van der Waals surface area contributed by atoms with Crippen LogP contribution in [0.4, 0.5) is 0 Å². The third-order valence-electron chi connectivity index (χ3n) is 4.02. The van der Waals surface area contributed by atoms with Gasteiger partial charge >= 0.3 is 11.9 Å². The average molecular weight is 377 g/mol. The van der Waals surface area contributed by atoms with E-state index in [1.54, 1.807) is 13.1 Å². The maximum atomic E-state index is 12.1. The topological polar surface area (TPSA) is 81.7 Å². The van der Waals surface area contributed by atoms with E-state index < -0.39 is 5.97 Å². The van der Waals surface area contributed by atoms with Gasteiger partial charge in [0.25, 0.3) is 0 Å². The third-order valence-corrected chi connectivity index (χ3v) is 4.02. The number of rotatable bonds is 13. The molecule has 0 radical (unpaired) electrons. The highest BCUT2D eigenvalue weighted by Gasteiger charge is 2.17. The Morgan fingerprint density at radius 1 is 0.852 bits per heavy atom. The number of benzene rings is 1. The lowest BCUT2D eigenvalue weighted by atomic mass is 10.1. The van der Waals surface area contributed by atoms with Gasteiger partial charge in [-0.05, 0) is 38.1 Å². The van der Waals surface area contributed by atoms with Gasteiger partial charge in [-0.1, -0.05) is 39.5 Å². The molecule has 0 fully saturated rings. The van der Waals surface area contributed by atoms with Crippen LogP contribution in [-0.4, -0.2) is 31.3 Å². The number of esters is 2. The molecule has 1 N–H and O–H groups in total. The molecule has 0 bridgehead atoms. The Balaban J connectivity index is 2.90. The van der Waals surface area contributed by atoms with Gasteiger partial charge < -0.3 is 14.8 Å². The molecule has 1 aromatic carbocycles. The molecule has 0 aliphatic rings. The quantitative estimate of drug-likeness (QED) is 0.242. The molecule has 0 saturated heterocycles. The van der Waals surface area contributed by atoms with Gasteiger partial charge in [0.1, 0.15) is 0 Å². The fraction of sp³-hybridized carbons (Fsp3) is 0.571. The molecular formula is C21H31NO5. The van der Waals surface area contributed by atoms with Gasteiger partial charge in [0.15, 0.2) is 17.3 Å². The highest BCUT2D eigenvalue weighted by atomic mass is 16.6. The lowest BCUT2D eigenvalue weighted by Gasteiger charge is -2.12. The van der Waals surface area contributed by atoms with Crippen LogP contribution >= 0.6 is 0 Å². The first-order chi connectivity index (χ1) is 13.0. The van der Waals surface area contributed by atoms with E-state index in [9.17, 15) is 14.4 Å². The van der Waals surface area contributed by atoms with Crippen LogP contribution in [0.5, 0.6) is 11.5 Å². The molecule has 0 spiro atoms. The van der Waals surface area contributed by atoms with Crippen LogP contribution in [0, 0.1) is 0 Å². The van der Waals surface area contributed by atoms with Gasteiger partial charge in [0, 0.05) is 18.4 Å². The lowest BCUT2D eigenvalue weighted by Crippen LogP contribution is -2.19. The molecule has 6 nitrogen and oxygen atoms in total. The van der Waals surface area contributed by atoms with Crippen molar-refractivity contribution in [2.45, 2.75) is 65.2 Å². The van der Waals surface area contributed by atoms with Crippen LogP contribution in [0.2, 0.25) is 0 Å². The normalized spacial score (nSPS) is 10.5. The van der Waals surface area contributed by atoms with E-state index >= 15 is 0 Å². The average Bonchev–Trinajstić information content (AvgIpc) is 2.63. The van der Waals surface area contributed by atoms with Crippen molar-refractivity contribution in [3.05, 3.63) is 23.8 Å². The number of unbranched alkanes of at least 4 members (excludes halogenated alkanes) is 4. The van der Waals surface area contributed by atoms with Crippen molar-refractivity contribution >= 4 is 17.7 Å². The highest BCUT2D eigenvalue weighted by Crippen LogP contribution is 2.30. The molecule has 0 heterocycles. The number of hydrogen-bond donors (Lipinski definition) is 1. The highest BCUT2D eigenvalue weighted by molar-refractivity contribution is 5.98. The molecule has 27 heavy (non-hydrogen) atoms. The maximum absolute atomic E-state index is 12.1. The summed E-state index contributed by atoms with van der Waals surface area (Å²) in [7, 11) is 1.68. The lowest BCUT2D eigenvalue weighted by molar-refractivity contribution is -0.137. The molecule has 6 heteroatoms. The minimum atomic E-state index is -0.398. The van der Waals surface area contributed by atoms with Gasteiger partial charge in [-0.15, -0.1) is 0 Å². The van der Waals surface area contributed by atoms with Crippen LogP contribution < -0.4 is 14.8 Å². The van der Waals surface area contributed by atoms with E-state index in [4.69, 9.17) is 9.47 Å². The van der Waals surface area contributed by atoms with Crippen LogP contribution in [0.15, 0.2) is 18.2 Å². The minimum Gasteiger partial charge on any atom is -0.423 e. The number of Topliss-reactive ketones (excluding diaryl/α,β-unsaturated/α-hetero) is 1. The van der Waals surface area contributed by atoms with E-state index in [2.05, 4.69) is 19.2 Å². The van der Waals surface area contributed by atoms with Crippen molar-refractivity contribution in [3.8, 4) is 11.5 Å². The summed E-state index contributed by atoms with van der Waals surface area (Å²) in [6, 6.07) is 4.55. The van der Waals surface area contributed by atoms with E-state index in [0.717, 1.165) is 38.5 Å². The van der Waals surface area contributed by atoms with Crippen molar-refractivity contribution in [3.63, 3.8) is 0 Å². The second-order valence-electron chi connectivity index (χ2n) is 6.48. The number of ketones is 1. The molecule has 0 aromatic heterocycles. The molecule has 150 valence electrons. The summed E-state index contributed by atoms with van der Waals surface area (Å²) in [5, 5.41) is 2.79. The Morgan fingerprint density at radius 3 is 1.93 bits per heavy atom. The first kappa shape index (κ1) is 22.8. The van der Waals surface area contributed by atoms with Crippen molar-refractivity contribution in [1.29, 1.82) is 0 Å².